The summed E-state index contributed by atoms with van der Waals surface area (Å²) in [4.78, 5) is 23.9. The van der Waals surface area contributed by atoms with Gasteiger partial charge in [-0.1, -0.05) is 30.3 Å². The number of benzene rings is 2. The zero-order valence-electron chi connectivity index (χ0n) is 15.3. The molecule has 1 atom stereocenters. The minimum atomic E-state index is -0.845. The molecule has 0 radical (unpaired) electrons. The monoisotopic (exact) mass is 359 g/mol. The van der Waals surface area contributed by atoms with Crippen molar-refractivity contribution in [3.05, 3.63) is 42.0 Å². The van der Waals surface area contributed by atoms with Gasteiger partial charge in [0, 0.05) is 5.39 Å². The van der Waals surface area contributed by atoms with Gasteiger partial charge in [0.25, 0.3) is 0 Å². The number of ketones is 1. The number of aliphatic hydroxyl groups is 1. The highest BCUT2D eigenvalue weighted by atomic mass is 16.6. The number of Topliss-reactive ketones (excluding diaryl/α,β-unsaturated/α-hetero) is 1. The quantitative estimate of drug-likeness (QED) is 0.737. The fraction of sp³-hybridized carbons (Fsp3) is 0.400. The second-order valence-electron chi connectivity index (χ2n) is 7.15. The highest BCUT2D eigenvalue weighted by molar-refractivity contribution is 5.91. The molecule has 0 aliphatic heterocycles. The Hall–Kier alpha value is -2.60. The van der Waals surface area contributed by atoms with E-state index < -0.39 is 30.1 Å². The summed E-state index contributed by atoms with van der Waals surface area (Å²) in [6.07, 6.45) is 0.111. The largest absolute Gasteiger partial charge is 0.507 e. The smallest absolute Gasteiger partial charge is 0.408 e. The highest BCUT2D eigenvalue weighted by Crippen LogP contribution is 2.28. The first kappa shape index (κ1) is 19.7. The van der Waals surface area contributed by atoms with Crippen molar-refractivity contribution < 1.29 is 24.5 Å². The summed E-state index contributed by atoms with van der Waals surface area (Å²) in [6, 6.07) is 10.0. The molecule has 0 saturated carbocycles. The lowest BCUT2D eigenvalue weighted by Gasteiger charge is -2.23. The molecule has 2 aromatic carbocycles. The van der Waals surface area contributed by atoms with Gasteiger partial charge in [0.05, 0.1) is 6.04 Å². The van der Waals surface area contributed by atoms with Crippen molar-refractivity contribution in [1.29, 1.82) is 0 Å². The zero-order chi connectivity index (χ0) is 19.3. The van der Waals surface area contributed by atoms with Gasteiger partial charge >= 0.3 is 6.09 Å². The third kappa shape index (κ3) is 5.20. The number of nitrogens with one attached hydrogen (secondary N) is 1. The van der Waals surface area contributed by atoms with Crippen molar-refractivity contribution in [2.45, 2.75) is 45.3 Å². The standard InChI is InChI=1S/C20H25NO5/c1-20(2,3)26-19(25)21-16(18(24)12-22)10-8-13-9-11-17(23)15-7-5-4-6-14(13)15/h4-7,9,11,16,22-23H,8,10,12H2,1-3H3,(H,21,25)/t16-/m0/s1. The predicted molar refractivity (Wildman–Crippen MR) is 99.2 cm³/mol. The normalized spacial score (nSPS) is 12.6. The lowest BCUT2D eigenvalue weighted by molar-refractivity contribution is -0.124. The predicted octanol–water partition coefficient (Wildman–Crippen LogP) is 2.93. The van der Waals surface area contributed by atoms with E-state index in [0.717, 1.165) is 16.3 Å². The lowest BCUT2D eigenvalue weighted by Crippen LogP contribution is -2.44. The molecule has 0 heterocycles. The fourth-order valence-corrected chi connectivity index (χ4v) is 2.74. The summed E-state index contributed by atoms with van der Waals surface area (Å²) in [5.74, 6) is -0.279. The summed E-state index contributed by atoms with van der Waals surface area (Å²) in [5, 5.41) is 23.3. The Balaban J connectivity index is 2.14. The summed E-state index contributed by atoms with van der Waals surface area (Å²) < 4.78 is 5.18. The number of aromatic hydroxyl groups is 1. The van der Waals surface area contributed by atoms with Gasteiger partial charge in [-0.05, 0) is 50.6 Å². The molecule has 1 amide bonds. The van der Waals surface area contributed by atoms with Crippen LogP contribution in [0.25, 0.3) is 10.8 Å². The van der Waals surface area contributed by atoms with E-state index in [1.54, 1.807) is 32.9 Å². The number of hydrogen-bond acceptors (Lipinski definition) is 5. The van der Waals surface area contributed by atoms with E-state index in [0.29, 0.717) is 12.8 Å². The number of carbonyl (C=O) groups is 2. The molecule has 0 spiro atoms. The molecule has 0 saturated heterocycles. The molecule has 6 nitrogen and oxygen atoms in total. The van der Waals surface area contributed by atoms with Crippen LogP contribution < -0.4 is 5.32 Å². The minimum Gasteiger partial charge on any atom is -0.507 e. The van der Waals surface area contributed by atoms with Crippen molar-refractivity contribution in [1.82, 2.24) is 5.32 Å². The molecule has 3 N–H and O–H groups in total. The minimum absolute atomic E-state index is 0.194. The van der Waals surface area contributed by atoms with E-state index in [4.69, 9.17) is 4.74 Å². The van der Waals surface area contributed by atoms with Crippen molar-refractivity contribution in [3.63, 3.8) is 0 Å². The maximum absolute atomic E-state index is 12.0. The molecule has 26 heavy (non-hydrogen) atoms. The van der Waals surface area contributed by atoms with Gasteiger partial charge in [0.1, 0.15) is 18.0 Å². The summed E-state index contributed by atoms with van der Waals surface area (Å²) in [5.41, 5.74) is 0.268. The van der Waals surface area contributed by atoms with Gasteiger partial charge in [-0.15, -0.1) is 0 Å². The van der Waals surface area contributed by atoms with E-state index in [-0.39, 0.29) is 5.75 Å². The maximum Gasteiger partial charge on any atom is 0.408 e. The fourth-order valence-electron chi connectivity index (χ4n) is 2.74. The summed E-state index contributed by atoms with van der Waals surface area (Å²) in [6.45, 7) is 4.55. The van der Waals surface area contributed by atoms with Crippen LogP contribution >= 0.6 is 0 Å². The van der Waals surface area contributed by atoms with Gasteiger partial charge < -0.3 is 20.3 Å². The van der Waals surface area contributed by atoms with E-state index in [2.05, 4.69) is 5.32 Å². The van der Waals surface area contributed by atoms with E-state index in [9.17, 15) is 19.8 Å². The SMILES string of the molecule is CC(C)(C)OC(=O)N[C@@H](CCc1ccc(O)c2ccccc12)C(=O)CO. The average molecular weight is 359 g/mol. The van der Waals surface area contributed by atoms with Crippen molar-refractivity contribution in [2.75, 3.05) is 6.61 Å². The number of rotatable bonds is 6. The van der Waals surface area contributed by atoms with Crippen LogP contribution in [0.2, 0.25) is 0 Å². The van der Waals surface area contributed by atoms with Crippen LogP contribution in [0.1, 0.15) is 32.8 Å². The number of amides is 1. The van der Waals surface area contributed by atoms with Crippen LogP contribution in [-0.4, -0.2) is 40.3 Å². The van der Waals surface area contributed by atoms with Gasteiger partial charge in [-0.25, -0.2) is 4.79 Å². The first-order valence-electron chi connectivity index (χ1n) is 8.54. The van der Waals surface area contributed by atoms with Crippen LogP contribution in [0.4, 0.5) is 4.79 Å². The molecule has 0 aliphatic carbocycles. The molecule has 2 rings (SSSR count). The Morgan fingerprint density at radius 3 is 2.38 bits per heavy atom. The number of aryl methyl sites for hydroxylation is 1. The third-order valence-electron chi connectivity index (χ3n) is 3.93. The topological polar surface area (TPSA) is 95.9 Å². The molecular weight excluding hydrogens is 334 g/mol. The highest BCUT2D eigenvalue weighted by Gasteiger charge is 2.24. The zero-order valence-corrected chi connectivity index (χ0v) is 15.3. The van der Waals surface area contributed by atoms with Crippen LogP contribution in [0.3, 0.4) is 0 Å². The second-order valence-corrected chi connectivity index (χ2v) is 7.15. The van der Waals surface area contributed by atoms with Gasteiger partial charge in [0.15, 0.2) is 5.78 Å². The van der Waals surface area contributed by atoms with Crippen molar-refractivity contribution in [2.24, 2.45) is 0 Å². The Bertz CT molecular complexity index is 794. The molecule has 0 aliphatic rings. The Kier molecular flexibility index (Phi) is 6.21. The second kappa shape index (κ2) is 8.19. The maximum atomic E-state index is 12.0. The summed E-state index contributed by atoms with van der Waals surface area (Å²) >= 11 is 0. The Labute approximate surface area is 152 Å². The number of phenols is 1. The third-order valence-corrected chi connectivity index (χ3v) is 3.93. The van der Waals surface area contributed by atoms with E-state index in [1.165, 1.54) is 0 Å². The molecule has 0 unspecified atom stereocenters. The molecule has 2 aromatic rings. The molecule has 0 fully saturated rings. The Morgan fingerprint density at radius 1 is 1.12 bits per heavy atom. The molecule has 0 bridgehead atoms. The van der Waals surface area contributed by atoms with Crippen LogP contribution in [0.5, 0.6) is 5.75 Å². The van der Waals surface area contributed by atoms with Crippen molar-refractivity contribution in [3.8, 4) is 5.75 Å². The molecule has 0 aromatic heterocycles. The number of carbonyl (C=O) groups excluding carboxylic acids is 2. The first-order chi connectivity index (χ1) is 12.2. The molecule has 6 heteroatoms. The average Bonchev–Trinajstić information content (AvgIpc) is 2.58. The number of aliphatic hydroxyl groups excluding tert-OH is 1. The van der Waals surface area contributed by atoms with Crippen molar-refractivity contribution >= 4 is 22.6 Å². The van der Waals surface area contributed by atoms with Crippen LogP contribution in [-0.2, 0) is 16.0 Å². The number of ether oxygens (including phenoxy) is 1. The number of phenolic OH excluding ortho intramolecular Hbond substituents is 1. The van der Waals surface area contributed by atoms with Crippen LogP contribution in [0.15, 0.2) is 36.4 Å². The summed E-state index contributed by atoms with van der Waals surface area (Å²) in [7, 11) is 0. The number of fused-ring (bicyclic) bond motifs is 1. The van der Waals surface area contributed by atoms with E-state index in [1.807, 2.05) is 24.3 Å². The number of hydrogen-bond donors (Lipinski definition) is 3. The first-order valence-corrected chi connectivity index (χ1v) is 8.54. The lowest BCUT2D eigenvalue weighted by atomic mass is 9.97. The van der Waals surface area contributed by atoms with Gasteiger partial charge in [0.2, 0.25) is 0 Å². The molecule has 140 valence electrons. The van der Waals surface area contributed by atoms with Gasteiger partial charge in [-0.3, -0.25) is 4.79 Å². The Morgan fingerprint density at radius 2 is 1.77 bits per heavy atom. The molecular formula is C20H25NO5. The van der Waals surface area contributed by atoms with E-state index >= 15 is 0 Å². The van der Waals surface area contributed by atoms with Gasteiger partial charge in [-0.2, -0.15) is 0 Å². The number of alkyl carbamates (subject to hydrolysis) is 1. The van der Waals surface area contributed by atoms with Crippen LogP contribution in [0, 0.1) is 0 Å².